The Morgan fingerprint density at radius 1 is 1.33 bits per heavy atom. The number of amides is 1. The monoisotopic (exact) mass is 384 g/mol. The number of rotatable bonds is 6. The van der Waals surface area contributed by atoms with Crippen LogP contribution in [0.25, 0.3) is 0 Å². The number of carbonyl (C=O) groups is 1. The summed E-state index contributed by atoms with van der Waals surface area (Å²) in [5.41, 5.74) is 3.28. The van der Waals surface area contributed by atoms with Crippen molar-refractivity contribution in [2.75, 3.05) is 0 Å². The van der Waals surface area contributed by atoms with E-state index in [0.717, 1.165) is 17.0 Å². The van der Waals surface area contributed by atoms with Gasteiger partial charge in [-0.05, 0) is 50.6 Å². The van der Waals surface area contributed by atoms with Crippen LogP contribution in [0.3, 0.4) is 0 Å². The molecular weight excluding hydrogens is 367 g/mol. The van der Waals surface area contributed by atoms with Crippen molar-refractivity contribution in [3.05, 3.63) is 50.1 Å². The van der Waals surface area contributed by atoms with Gasteiger partial charge in [0.2, 0.25) is 0 Å². The lowest BCUT2D eigenvalue weighted by atomic mass is 10.3. The zero-order valence-electron chi connectivity index (χ0n) is 13.6. The first-order valence-electron chi connectivity index (χ1n) is 7.45. The Morgan fingerprint density at radius 2 is 2.08 bits per heavy atom. The molecule has 1 atom stereocenters. The number of nitrogens with zero attached hydrogens (tertiary/aromatic N) is 1. The number of carbonyl (C=O) groups excluding carboxylic acids is 1. The Hall–Kier alpha value is -1.56. The molecule has 1 unspecified atom stereocenters. The van der Waals surface area contributed by atoms with Crippen LogP contribution in [0.5, 0.6) is 5.75 Å². The Balaban J connectivity index is 1.96. The third kappa shape index (κ3) is 4.97. The highest BCUT2D eigenvalue weighted by Crippen LogP contribution is 2.28. The van der Waals surface area contributed by atoms with Crippen LogP contribution >= 0.6 is 34.5 Å². The molecule has 1 aromatic heterocycles. The van der Waals surface area contributed by atoms with Gasteiger partial charge in [-0.15, -0.1) is 11.3 Å². The molecule has 2 aromatic rings. The molecule has 0 fully saturated rings. The number of thiophene rings is 1. The minimum atomic E-state index is -0.741. The maximum atomic E-state index is 12.1. The standard InChI is InChI=1S/C17H18Cl2N2O2S/c1-4-13-6-8-16(24-13)10(2)20-21-17(22)11(3)23-15-7-5-12(18)9-14(15)19/h5-9,11H,4H2,1-3H3,(H,21,22). The van der Waals surface area contributed by atoms with Gasteiger partial charge < -0.3 is 4.74 Å². The topological polar surface area (TPSA) is 50.7 Å². The van der Waals surface area contributed by atoms with E-state index in [9.17, 15) is 4.79 Å². The SMILES string of the molecule is CCc1ccc(C(C)=NNC(=O)C(C)Oc2ccc(Cl)cc2Cl)s1. The highest BCUT2D eigenvalue weighted by Gasteiger charge is 2.16. The van der Waals surface area contributed by atoms with E-state index in [1.165, 1.54) is 4.88 Å². The van der Waals surface area contributed by atoms with Gasteiger partial charge >= 0.3 is 0 Å². The summed E-state index contributed by atoms with van der Waals surface area (Å²) in [7, 11) is 0. The molecule has 0 aliphatic heterocycles. The van der Waals surface area contributed by atoms with Crippen LogP contribution in [0.15, 0.2) is 35.4 Å². The number of hydrogen-bond acceptors (Lipinski definition) is 4. The molecule has 0 saturated heterocycles. The normalized spacial score (nSPS) is 12.8. The molecule has 0 aliphatic rings. The summed E-state index contributed by atoms with van der Waals surface area (Å²) in [5.74, 6) is 0.0444. The van der Waals surface area contributed by atoms with Gasteiger partial charge in [-0.1, -0.05) is 30.1 Å². The summed E-state index contributed by atoms with van der Waals surface area (Å²) in [6, 6.07) is 8.91. The maximum Gasteiger partial charge on any atom is 0.280 e. The molecule has 0 saturated carbocycles. The number of benzene rings is 1. The van der Waals surface area contributed by atoms with Gasteiger partial charge in [0, 0.05) is 9.90 Å². The second-order valence-electron chi connectivity index (χ2n) is 5.13. The highest BCUT2D eigenvalue weighted by atomic mass is 35.5. The molecule has 24 heavy (non-hydrogen) atoms. The third-order valence-corrected chi connectivity index (χ3v) is 5.14. The molecule has 1 aromatic carbocycles. The Labute approximate surface area is 155 Å². The molecule has 0 spiro atoms. The molecule has 2 rings (SSSR count). The predicted octanol–water partition coefficient (Wildman–Crippen LogP) is 4.93. The molecular formula is C17H18Cl2N2O2S. The second kappa shape index (κ2) is 8.51. The van der Waals surface area contributed by atoms with Crippen LogP contribution in [-0.2, 0) is 11.2 Å². The van der Waals surface area contributed by atoms with Crippen LogP contribution < -0.4 is 10.2 Å². The second-order valence-corrected chi connectivity index (χ2v) is 7.14. The fourth-order valence-corrected chi connectivity index (χ4v) is 3.21. The molecule has 7 heteroatoms. The number of aryl methyl sites for hydroxylation is 1. The Morgan fingerprint density at radius 3 is 2.71 bits per heavy atom. The van der Waals surface area contributed by atoms with Crippen LogP contribution in [0, 0.1) is 0 Å². The van der Waals surface area contributed by atoms with Gasteiger partial charge in [0.1, 0.15) is 5.75 Å². The molecule has 128 valence electrons. The van der Waals surface area contributed by atoms with E-state index < -0.39 is 6.10 Å². The average molecular weight is 385 g/mol. The molecule has 0 aliphatic carbocycles. The number of halogens is 2. The molecule has 1 N–H and O–H groups in total. The first-order chi connectivity index (χ1) is 11.4. The van der Waals surface area contributed by atoms with Gasteiger partial charge in [0.25, 0.3) is 5.91 Å². The summed E-state index contributed by atoms with van der Waals surface area (Å²) in [6.45, 7) is 5.59. The Kier molecular flexibility index (Phi) is 6.66. The third-order valence-electron chi connectivity index (χ3n) is 3.27. The summed E-state index contributed by atoms with van der Waals surface area (Å²) in [6.07, 6.45) is 0.242. The van der Waals surface area contributed by atoms with Gasteiger partial charge in [-0.3, -0.25) is 4.79 Å². The van der Waals surface area contributed by atoms with E-state index in [1.807, 2.05) is 13.0 Å². The molecule has 4 nitrogen and oxygen atoms in total. The van der Waals surface area contributed by atoms with E-state index in [0.29, 0.717) is 15.8 Å². The van der Waals surface area contributed by atoms with Crippen LogP contribution in [0.1, 0.15) is 30.5 Å². The van der Waals surface area contributed by atoms with E-state index in [1.54, 1.807) is 36.5 Å². The highest BCUT2D eigenvalue weighted by molar-refractivity contribution is 7.14. The first-order valence-corrected chi connectivity index (χ1v) is 9.03. The lowest BCUT2D eigenvalue weighted by molar-refractivity contribution is -0.127. The quantitative estimate of drug-likeness (QED) is 0.567. The molecule has 1 heterocycles. The zero-order valence-corrected chi connectivity index (χ0v) is 15.9. The van der Waals surface area contributed by atoms with Crippen molar-refractivity contribution in [2.24, 2.45) is 5.10 Å². The van der Waals surface area contributed by atoms with E-state index in [4.69, 9.17) is 27.9 Å². The van der Waals surface area contributed by atoms with Crippen molar-refractivity contribution >= 4 is 46.2 Å². The zero-order chi connectivity index (χ0) is 17.7. The lowest BCUT2D eigenvalue weighted by Gasteiger charge is -2.14. The lowest BCUT2D eigenvalue weighted by Crippen LogP contribution is -2.34. The fraction of sp³-hybridized carbons (Fsp3) is 0.294. The summed E-state index contributed by atoms with van der Waals surface area (Å²) < 4.78 is 5.55. The van der Waals surface area contributed by atoms with Crippen molar-refractivity contribution in [1.29, 1.82) is 0 Å². The summed E-state index contributed by atoms with van der Waals surface area (Å²) in [4.78, 5) is 14.4. The van der Waals surface area contributed by atoms with Crippen LogP contribution in [0.4, 0.5) is 0 Å². The first kappa shape index (κ1) is 18.8. The molecule has 0 radical (unpaired) electrons. The van der Waals surface area contributed by atoms with Crippen LogP contribution in [-0.4, -0.2) is 17.7 Å². The van der Waals surface area contributed by atoms with Crippen molar-refractivity contribution in [3.8, 4) is 5.75 Å². The van der Waals surface area contributed by atoms with Crippen molar-refractivity contribution in [2.45, 2.75) is 33.3 Å². The van der Waals surface area contributed by atoms with E-state index in [-0.39, 0.29) is 5.91 Å². The average Bonchev–Trinajstić information content (AvgIpc) is 3.04. The van der Waals surface area contributed by atoms with Crippen molar-refractivity contribution < 1.29 is 9.53 Å². The predicted molar refractivity (Wildman–Crippen MR) is 101 cm³/mol. The van der Waals surface area contributed by atoms with E-state index in [2.05, 4.69) is 23.5 Å². The number of ether oxygens (including phenoxy) is 1. The maximum absolute atomic E-state index is 12.1. The number of hydrazone groups is 1. The van der Waals surface area contributed by atoms with Gasteiger partial charge in [-0.25, -0.2) is 5.43 Å². The minimum absolute atomic E-state index is 0.354. The fourth-order valence-electron chi connectivity index (χ4n) is 1.86. The number of hydrogen-bond donors (Lipinski definition) is 1. The van der Waals surface area contributed by atoms with Gasteiger partial charge in [-0.2, -0.15) is 5.10 Å². The Bertz CT molecular complexity index is 759. The molecule has 1 amide bonds. The van der Waals surface area contributed by atoms with Gasteiger partial charge in [0.15, 0.2) is 6.10 Å². The minimum Gasteiger partial charge on any atom is -0.479 e. The largest absolute Gasteiger partial charge is 0.479 e. The van der Waals surface area contributed by atoms with Crippen molar-refractivity contribution in [1.82, 2.24) is 5.43 Å². The van der Waals surface area contributed by atoms with Crippen LogP contribution in [0.2, 0.25) is 10.0 Å². The summed E-state index contributed by atoms with van der Waals surface area (Å²) in [5, 5.41) is 5.00. The van der Waals surface area contributed by atoms with Gasteiger partial charge in [0.05, 0.1) is 15.6 Å². The smallest absolute Gasteiger partial charge is 0.280 e. The van der Waals surface area contributed by atoms with Crippen molar-refractivity contribution in [3.63, 3.8) is 0 Å². The summed E-state index contributed by atoms with van der Waals surface area (Å²) >= 11 is 13.5. The molecule has 0 bridgehead atoms. The van der Waals surface area contributed by atoms with E-state index >= 15 is 0 Å². The number of nitrogens with one attached hydrogen (secondary N) is 1.